The Balaban J connectivity index is 2.01. The van der Waals surface area contributed by atoms with E-state index in [-0.39, 0.29) is 19.1 Å². The van der Waals surface area contributed by atoms with Crippen LogP contribution in [0.2, 0.25) is 0 Å². The predicted octanol–water partition coefficient (Wildman–Crippen LogP) is 1.60. The summed E-state index contributed by atoms with van der Waals surface area (Å²) in [5.41, 5.74) is 0.748. The van der Waals surface area contributed by atoms with Gasteiger partial charge in [0.15, 0.2) is 5.54 Å². The van der Waals surface area contributed by atoms with Crippen LogP contribution in [-0.4, -0.2) is 35.9 Å². The fourth-order valence-electron chi connectivity index (χ4n) is 2.49. The van der Waals surface area contributed by atoms with E-state index in [9.17, 15) is 14.7 Å². The summed E-state index contributed by atoms with van der Waals surface area (Å²) in [4.78, 5) is 23.4. The number of hydrogen-bond donors (Lipinski definition) is 3. The second-order valence-corrected chi connectivity index (χ2v) is 5.37. The van der Waals surface area contributed by atoms with Gasteiger partial charge in [0.05, 0.1) is 12.6 Å². The molecule has 6 nitrogen and oxygen atoms in total. The number of urea groups is 1. The Kier molecular flexibility index (Phi) is 4.47. The van der Waals surface area contributed by atoms with Crippen molar-refractivity contribution < 1.29 is 19.4 Å². The number of carboxylic acid groups (broad SMARTS) is 1. The molecule has 1 aromatic carbocycles. The zero-order chi connectivity index (χ0) is 15.5. The number of benzene rings is 1. The van der Waals surface area contributed by atoms with Crippen molar-refractivity contribution in [2.24, 2.45) is 0 Å². The summed E-state index contributed by atoms with van der Waals surface area (Å²) >= 11 is 0. The highest BCUT2D eigenvalue weighted by atomic mass is 16.5. The molecule has 1 saturated heterocycles. The van der Waals surface area contributed by atoms with Crippen LogP contribution in [0.25, 0.3) is 0 Å². The molecule has 0 spiro atoms. The van der Waals surface area contributed by atoms with Crippen LogP contribution in [0.5, 0.6) is 0 Å². The van der Waals surface area contributed by atoms with E-state index in [0.29, 0.717) is 6.61 Å². The van der Waals surface area contributed by atoms with Crippen molar-refractivity contribution in [2.75, 3.05) is 13.2 Å². The molecule has 1 aliphatic heterocycles. The first-order chi connectivity index (χ1) is 9.94. The van der Waals surface area contributed by atoms with Crippen LogP contribution in [-0.2, 0) is 9.53 Å². The van der Waals surface area contributed by atoms with Crippen molar-refractivity contribution in [1.29, 1.82) is 0 Å². The lowest BCUT2D eigenvalue weighted by atomic mass is 9.99. The second-order valence-electron chi connectivity index (χ2n) is 5.37. The maximum atomic E-state index is 12.1. The van der Waals surface area contributed by atoms with Crippen LogP contribution in [0.4, 0.5) is 4.79 Å². The van der Waals surface area contributed by atoms with E-state index in [0.717, 1.165) is 11.1 Å². The van der Waals surface area contributed by atoms with E-state index in [1.54, 1.807) is 0 Å². The lowest BCUT2D eigenvalue weighted by Crippen LogP contribution is -2.58. The van der Waals surface area contributed by atoms with E-state index < -0.39 is 17.5 Å². The summed E-state index contributed by atoms with van der Waals surface area (Å²) in [6.07, 6.45) is 0.272. The van der Waals surface area contributed by atoms with Gasteiger partial charge in [-0.25, -0.2) is 9.59 Å². The van der Waals surface area contributed by atoms with Crippen molar-refractivity contribution in [1.82, 2.24) is 10.6 Å². The van der Waals surface area contributed by atoms with E-state index in [2.05, 4.69) is 10.6 Å². The smallest absolute Gasteiger partial charge is 0.332 e. The molecule has 6 heteroatoms. The maximum Gasteiger partial charge on any atom is 0.332 e. The molecule has 2 atom stereocenters. The van der Waals surface area contributed by atoms with Gasteiger partial charge in [0.1, 0.15) is 0 Å². The normalized spacial score (nSPS) is 22.6. The fourth-order valence-corrected chi connectivity index (χ4v) is 2.49. The first-order valence-corrected chi connectivity index (χ1v) is 6.90. The molecule has 2 rings (SSSR count). The highest BCUT2D eigenvalue weighted by molar-refractivity contribution is 5.86. The van der Waals surface area contributed by atoms with Gasteiger partial charge in [-0.2, -0.15) is 0 Å². The van der Waals surface area contributed by atoms with Gasteiger partial charge in [-0.15, -0.1) is 0 Å². The number of carbonyl (C=O) groups excluding carboxylic acids is 1. The summed E-state index contributed by atoms with van der Waals surface area (Å²) in [6, 6.07) is 7.03. The van der Waals surface area contributed by atoms with Crippen molar-refractivity contribution in [3.8, 4) is 0 Å². The molecule has 114 valence electrons. The molecular weight excluding hydrogens is 272 g/mol. The second kappa shape index (κ2) is 6.13. The summed E-state index contributed by atoms with van der Waals surface area (Å²) in [7, 11) is 0. The lowest BCUT2D eigenvalue weighted by Gasteiger charge is -2.25. The van der Waals surface area contributed by atoms with Gasteiger partial charge in [0.2, 0.25) is 0 Å². The summed E-state index contributed by atoms with van der Waals surface area (Å²) in [5, 5.41) is 14.6. The van der Waals surface area contributed by atoms with E-state index >= 15 is 0 Å². The quantitative estimate of drug-likeness (QED) is 0.786. The summed E-state index contributed by atoms with van der Waals surface area (Å²) in [6.45, 7) is 4.16. The topological polar surface area (TPSA) is 87.7 Å². The van der Waals surface area contributed by atoms with Crippen LogP contribution in [0.15, 0.2) is 24.3 Å². The first kappa shape index (κ1) is 15.3. The molecule has 2 amide bonds. The third-order valence-electron chi connectivity index (χ3n) is 3.79. The first-order valence-electron chi connectivity index (χ1n) is 6.90. The fraction of sp³-hybridized carbons (Fsp3) is 0.467. The zero-order valence-electron chi connectivity index (χ0n) is 12.2. The van der Waals surface area contributed by atoms with Gasteiger partial charge >= 0.3 is 12.0 Å². The SMILES string of the molecule is Cc1ccccc1C(C)NC(=O)NC1(C(=O)O)CCOC1. The monoisotopic (exact) mass is 292 g/mol. The highest BCUT2D eigenvalue weighted by Gasteiger charge is 2.44. The van der Waals surface area contributed by atoms with Gasteiger partial charge < -0.3 is 20.5 Å². The molecule has 1 aromatic rings. The molecule has 2 unspecified atom stereocenters. The number of nitrogens with one attached hydrogen (secondary N) is 2. The average Bonchev–Trinajstić information content (AvgIpc) is 2.88. The van der Waals surface area contributed by atoms with Gasteiger partial charge in [0.25, 0.3) is 0 Å². The van der Waals surface area contributed by atoms with Crippen molar-refractivity contribution in [2.45, 2.75) is 31.8 Å². The molecule has 21 heavy (non-hydrogen) atoms. The zero-order valence-corrected chi connectivity index (χ0v) is 12.2. The Bertz CT molecular complexity index is 538. The number of ether oxygens (including phenoxy) is 1. The minimum atomic E-state index is -1.32. The number of carbonyl (C=O) groups is 2. The third kappa shape index (κ3) is 3.33. The number of hydrogen-bond acceptors (Lipinski definition) is 3. The van der Waals surface area contributed by atoms with E-state index in [1.807, 2.05) is 38.1 Å². The number of amides is 2. The molecule has 1 aliphatic rings. The minimum Gasteiger partial charge on any atom is -0.479 e. The molecule has 0 aliphatic carbocycles. The lowest BCUT2D eigenvalue weighted by molar-refractivity contribution is -0.144. The van der Waals surface area contributed by atoms with Crippen LogP contribution in [0.1, 0.15) is 30.5 Å². The van der Waals surface area contributed by atoms with E-state index in [4.69, 9.17) is 4.74 Å². The summed E-state index contributed by atoms with van der Waals surface area (Å²) < 4.78 is 5.11. The Morgan fingerprint density at radius 2 is 2.10 bits per heavy atom. The molecule has 1 fully saturated rings. The number of aliphatic carboxylic acids is 1. The largest absolute Gasteiger partial charge is 0.479 e. The molecule has 0 bridgehead atoms. The number of rotatable bonds is 4. The predicted molar refractivity (Wildman–Crippen MR) is 77.1 cm³/mol. The standard InChI is InChI=1S/C15H20N2O4/c1-10-5-3-4-6-12(10)11(2)16-14(20)17-15(13(18)19)7-8-21-9-15/h3-6,11H,7-9H2,1-2H3,(H,18,19)(H2,16,17,20). The van der Waals surface area contributed by atoms with E-state index in [1.165, 1.54) is 0 Å². The number of aryl methyl sites for hydroxylation is 1. The van der Waals surface area contributed by atoms with Crippen molar-refractivity contribution in [3.05, 3.63) is 35.4 Å². The van der Waals surface area contributed by atoms with Crippen molar-refractivity contribution >= 4 is 12.0 Å². The Hall–Kier alpha value is -2.08. The van der Waals surface area contributed by atoms with Crippen LogP contribution >= 0.6 is 0 Å². The molecule has 3 N–H and O–H groups in total. The van der Waals surface area contributed by atoms with Crippen LogP contribution < -0.4 is 10.6 Å². The Morgan fingerprint density at radius 1 is 1.38 bits per heavy atom. The summed E-state index contributed by atoms with van der Waals surface area (Å²) in [5.74, 6) is -1.07. The average molecular weight is 292 g/mol. The van der Waals surface area contributed by atoms with Gasteiger partial charge in [0, 0.05) is 13.0 Å². The van der Waals surface area contributed by atoms with Gasteiger partial charge in [-0.1, -0.05) is 24.3 Å². The minimum absolute atomic E-state index is 0.00546. The molecular formula is C15H20N2O4. The van der Waals surface area contributed by atoms with Gasteiger partial charge in [-0.3, -0.25) is 0 Å². The Labute approximate surface area is 123 Å². The van der Waals surface area contributed by atoms with Crippen LogP contribution in [0.3, 0.4) is 0 Å². The molecule has 0 aromatic heterocycles. The van der Waals surface area contributed by atoms with Crippen LogP contribution in [0, 0.1) is 6.92 Å². The third-order valence-corrected chi connectivity index (χ3v) is 3.79. The highest BCUT2D eigenvalue weighted by Crippen LogP contribution is 2.20. The van der Waals surface area contributed by atoms with Crippen molar-refractivity contribution in [3.63, 3.8) is 0 Å². The maximum absolute atomic E-state index is 12.1. The molecule has 0 radical (unpaired) electrons. The van der Waals surface area contributed by atoms with Gasteiger partial charge in [-0.05, 0) is 25.0 Å². The number of carboxylic acids is 1. The molecule has 0 saturated carbocycles. The Morgan fingerprint density at radius 3 is 2.67 bits per heavy atom. The molecule has 1 heterocycles.